The maximum absolute atomic E-state index is 11.0. The van der Waals surface area contributed by atoms with Gasteiger partial charge in [-0.1, -0.05) is 63.8 Å². The standard InChI is InChI=1S/C18H26O2/c1-18(2,13-17(19)20)16-11-7-10-15(12-16)14-8-5-3-4-6-9-14/h7,10-12,14H,3-6,8-9,13H2,1-2H3,(H,19,20). The topological polar surface area (TPSA) is 37.3 Å². The molecule has 0 bridgehead atoms. The Kier molecular flexibility index (Phi) is 4.85. The Morgan fingerprint density at radius 3 is 2.45 bits per heavy atom. The van der Waals surface area contributed by atoms with Gasteiger partial charge in [0.1, 0.15) is 0 Å². The predicted molar refractivity (Wildman–Crippen MR) is 82.2 cm³/mol. The minimum atomic E-state index is -0.727. The minimum absolute atomic E-state index is 0.182. The van der Waals surface area contributed by atoms with Gasteiger partial charge in [-0.05, 0) is 29.9 Å². The summed E-state index contributed by atoms with van der Waals surface area (Å²) < 4.78 is 0. The Hall–Kier alpha value is -1.31. The molecule has 0 saturated heterocycles. The zero-order chi connectivity index (χ0) is 14.6. The van der Waals surface area contributed by atoms with Crippen LogP contribution in [0, 0.1) is 0 Å². The predicted octanol–water partition coefficient (Wildman–Crippen LogP) is 4.88. The first-order chi connectivity index (χ1) is 9.49. The highest BCUT2D eigenvalue weighted by Gasteiger charge is 2.25. The number of carboxylic acids is 1. The number of carbonyl (C=O) groups is 1. The quantitative estimate of drug-likeness (QED) is 0.795. The maximum atomic E-state index is 11.0. The van der Waals surface area contributed by atoms with E-state index in [-0.39, 0.29) is 11.8 Å². The van der Waals surface area contributed by atoms with E-state index < -0.39 is 5.97 Å². The summed E-state index contributed by atoms with van der Waals surface area (Å²) in [5.74, 6) is -0.0621. The normalized spacial score (nSPS) is 17.7. The average Bonchev–Trinajstić information content (AvgIpc) is 2.66. The van der Waals surface area contributed by atoms with Gasteiger partial charge in [0, 0.05) is 5.41 Å². The second kappa shape index (κ2) is 6.43. The second-order valence-corrected chi connectivity index (χ2v) is 6.77. The van der Waals surface area contributed by atoms with Crippen LogP contribution in [0.3, 0.4) is 0 Å². The van der Waals surface area contributed by atoms with Crippen LogP contribution in [0.5, 0.6) is 0 Å². The highest BCUT2D eigenvalue weighted by atomic mass is 16.4. The zero-order valence-corrected chi connectivity index (χ0v) is 12.7. The summed E-state index contributed by atoms with van der Waals surface area (Å²) in [6.45, 7) is 4.04. The molecule has 0 aliphatic heterocycles. The fourth-order valence-corrected chi connectivity index (χ4v) is 3.31. The largest absolute Gasteiger partial charge is 0.481 e. The molecule has 1 saturated carbocycles. The van der Waals surface area contributed by atoms with E-state index in [1.54, 1.807) is 0 Å². The van der Waals surface area contributed by atoms with Crippen molar-refractivity contribution in [1.29, 1.82) is 0 Å². The van der Waals surface area contributed by atoms with Crippen LogP contribution in [0.1, 0.15) is 75.8 Å². The van der Waals surface area contributed by atoms with Crippen LogP contribution in [0.4, 0.5) is 0 Å². The van der Waals surface area contributed by atoms with Crippen molar-refractivity contribution in [3.8, 4) is 0 Å². The molecule has 0 unspecified atom stereocenters. The van der Waals surface area contributed by atoms with E-state index in [1.165, 1.54) is 44.1 Å². The summed E-state index contributed by atoms with van der Waals surface area (Å²) in [6.07, 6.45) is 8.12. The van der Waals surface area contributed by atoms with E-state index in [4.69, 9.17) is 5.11 Å². The number of hydrogen-bond acceptors (Lipinski definition) is 1. The highest BCUT2D eigenvalue weighted by molar-refractivity contribution is 5.68. The van der Waals surface area contributed by atoms with Crippen molar-refractivity contribution in [1.82, 2.24) is 0 Å². The van der Waals surface area contributed by atoms with E-state index >= 15 is 0 Å². The molecular formula is C18H26O2. The van der Waals surface area contributed by atoms with Gasteiger partial charge in [0.2, 0.25) is 0 Å². The summed E-state index contributed by atoms with van der Waals surface area (Å²) in [5.41, 5.74) is 2.26. The Balaban J connectivity index is 2.20. The minimum Gasteiger partial charge on any atom is -0.481 e. The van der Waals surface area contributed by atoms with Crippen molar-refractivity contribution in [2.24, 2.45) is 0 Å². The fourth-order valence-electron chi connectivity index (χ4n) is 3.31. The molecule has 20 heavy (non-hydrogen) atoms. The molecule has 1 aromatic carbocycles. The summed E-state index contributed by atoms with van der Waals surface area (Å²) in [5, 5.41) is 9.07. The van der Waals surface area contributed by atoms with Gasteiger partial charge < -0.3 is 5.11 Å². The molecule has 0 aromatic heterocycles. The number of benzene rings is 1. The summed E-state index contributed by atoms with van der Waals surface area (Å²) >= 11 is 0. The molecule has 0 spiro atoms. The Labute approximate surface area is 122 Å². The molecule has 2 rings (SSSR count). The van der Waals surface area contributed by atoms with E-state index in [9.17, 15) is 4.79 Å². The molecule has 2 nitrogen and oxygen atoms in total. The van der Waals surface area contributed by atoms with Crippen LogP contribution in [0.15, 0.2) is 24.3 Å². The van der Waals surface area contributed by atoms with Crippen LogP contribution in [0.2, 0.25) is 0 Å². The van der Waals surface area contributed by atoms with Gasteiger partial charge in [0.25, 0.3) is 0 Å². The monoisotopic (exact) mass is 274 g/mol. The van der Waals surface area contributed by atoms with Crippen LogP contribution >= 0.6 is 0 Å². The molecule has 1 aliphatic rings. The molecule has 0 amide bonds. The van der Waals surface area contributed by atoms with Gasteiger partial charge >= 0.3 is 5.97 Å². The van der Waals surface area contributed by atoms with Crippen LogP contribution < -0.4 is 0 Å². The van der Waals surface area contributed by atoms with Crippen molar-refractivity contribution < 1.29 is 9.90 Å². The molecule has 1 fully saturated rings. The summed E-state index contributed by atoms with van der Waals surface area (Å²) in [6, 6.07) is 8.64. The molecule has 0 atom stereocenters. The van der Waals surface area contributed by atoms with E-state index in [1.807, 2.05) is 13.8 Å². The van der Waals surface area contributed by atoms with Gasteiger partial charge in [-0.2, -0.15) is 0 Å². The molecule has 2 heteroatoms. The fraction of sp³-hybridized carbons (Fsp3) is 0.611. The number of rotatable bonds is 4. The van der Waals surface area contributed by atoms with E-state index in [2.05, 4.69) is 24.3 Å². The van der Waals surface area contributed by atoms with Crippen molar-refractivity contribution in [2.75, 3.05) is 0 Å². The van der Waals surface area contributed by atoms with Gasteiger partial charge in [0.15, 0.2) is 0 Å². The van der Waals surface area contributed by atoms with Crippen molar-refractivity contribution in [2.45, 2.75) is 70.1 Å². The molecule has 1 aromatic rings. The first-order valence-electron chi connectivity index (χ1n) is 7.81. The molecule has 1 aliphatic carbocycles. The van der Waals surface area contributed by atoms with Gasteiger partial charge in [-0.25, -0.2) is 0 Å². The Morgan fingerprint density at radius 1 is 1.20 bits per heavy atom. The third kappa shape index (κ3) is 3.84. The first-order valence-corrected chi connectivity index (χ1v) is 7.81. The number of hydrogen-bond donors (Lipinski definition) is 1. The van der Waals surface area contributed by atoms with E-state index in [0.717, 1.165) is 5.56 Å². The highest BCUT2D eigenvalue weighted by Crippen LogP contribution is 2.34. The Morgan fingerprint density at radius 2 is 1.85 bits per heavy atom. The van der Waals surface area contributed by atoms with E-state index in [0.29, 0.717) is 5.92 Å². The lowest BCUT2D eigenvalue weighted by Gasteiger charge is -2.25. The van der Waals surface area contributed by atoms with Crippen LogP contribution in [0.25, 0.3) is 0 Å². The lowest BCUT2D eigenvalue weighted by molar-refractivity contribution is -0.138. The van der Waals surface area contributed by atoms with Crippen molar-refractivity contribution in [3.63, 3.8) is 0 Å². The second-order valence-electron chi connectivity index (χ2n) is 6.77. The maximum Gasteiger partial charge on any atom is 0.304 e. The summed E-state index contributed by atoms with van der Waals surface area (Å²) in [7, 11) is 0. The lowest BCUT2D eigenvalue weighted by Crippen LogP contribution is -2.21. The lowest BCUT2D eigenvalue weighted by atomic mass is 9.79. The summed E-state index contributed by atoms with van der Waals surface area (Å²) in [4.78, 5) is 11.0. The smallest absolute Gasteiger partial charge is 0.304 e. The molecular weight excluding hydrogens is 248 g/mol. The van der Waals surface area contributed by atoms with Crippen LogP contribution in [-0.2, 0) is 10.2 Å². The van der Waals surface area contributed by atoms with Crippen molar-refractivity contribution >= 4 is 5.97 Å². The molecule has 0 heterocycles. The molecule has 110 valence electrons. The SMILES string of the molecule is CC(C)(CC(=O)O)c1cccc(C2CCCCCC2)c1. The van der Waals surface area contributed by atoms with Gasteiger partial charge in [-0.3, -0.25) is 4.79 Å². The molecule has 1 N–H and O–H groups in total. The number of carboxylic acid groups (broad SMARTS) is 1. The van der Waals surface area contributed by atoms with Gasteiger partial charge in [-0.15, -0.1) is 0 Å². The van der Waals surface area contributed by atoms with Crippen LogP contribution in [-0.4, -0.2) is 11.1 Å². The first kappa shape index (κ1) is 15.1. The third-order valence-electron chi connectivity index (χ3n) is 4.59. The molecule has 0 radical (unpaired) electrons. The third-order valence-corrected chi connectivity index (χ3v) is 4.59. The number of aliphatic carboxylic acids is 1. The zero-order valence-electron chi connectivity index (χ0n) is 12.7. The van der Waals surface area contributed by atoms with Crippen molar-refractivity contribution in [3.05, 3.63) is 35.4 Å². The average molecular weight is 274 g/mol. The van der Waals surface area contributed by atoms with Gasteiger partial charge in [0.05, 0.1) is 6.42 Å². The Bertz CT molecular complexity index is 454.